The maximum absolute atomic E-state index is 14.8. The molecule has 2 saturated heterocycles. The number of ether oxygens (including phenoxy) is 6. The largest absolute Gasteiger partial charge is 0.507 e. The van der Waals surface area contributed by atoms with Crippen LogP contribution in [-0.4, -0.2) is 113 Å². The molecular formula is C49H57N3O14. The van der Waals surface area contributed by atoms with Gasteiger partial charge in [-0.25, -0.2) is 4.98 Å². The Bertz CT molecular complexity index is 2720. The highest BCUT2D eigenvalue weighted by Crippen LogP contribution is 2.51. The summed E-state index contributed by atoms with van der Waals surface area (Å²) < 4.78 is 43.0. The van der Waals surface area contributed by atoms with E-state index in [9.17, 15) is 34.5 Å². The highest BCUT2D eigenvalue weighted by atomic mass is 16.7. The zero-order chi connectivity index (χ0) is 47.5. The molecular weight excluding hydrogens is 855 g/mol. The number of carbonyl (C=O) groups excluding carboxylic acids is 3. The third-order valence-electron chi connectivity index (χ3n) is 13.6. The van der Waals surface area contributed by atoms with Gasteiger partial charge in [-0.1, -0.05) is 39.0 Å². The number of anilines is 1. The summed E-state index contributed by atoms with van der Waals surface area (Å²) in [5.41, 5.74) is -1.39. The Kier molecular flexibility index (Phi) is 12.7. The summed E-state index contributed by atoms with van der Waals surface area (Å²) in [6, 6.07) is 2.94. The summed E-state index contributed by atoms with van der Waals surface area (Å²) in [5.74, 6) is -6.08. The fourth-order valence-corrected chi connectivity index (χ4v) is 9.57. The van der Waals surface area contributed by atoms with E-state index in [1.807, 2.05) is 19.9 Å². The molecule has 9 rings (SSSR count). The number of hydrogen-bond acceptors (Lipinski definition) is 16. The number of aliphatic hydroxyl groups is 1. The van der Waals surface area contributed by atoms with Gasteiger partial charge in [-0.15, -0.1) is 0 Å². The molecule has 2 fully saturated rings. The SMILES string of the molecule is CO[C@H]1/C=C/O[C@@]2(C)Oc3c(C)c(O)c4c(=O)c(c5oc6cc(OCC7CCN(C)CC7)cc(O)c6nc-5c4c3C2=O)NC(=O)/C(C)=C\C=C\[C@H](C)[C@@H]2O[C@H]([C@H](O)[C@@H]2C)[C@H](OC(C)=O)[C@@H]1C. The molecule has 66 heavy (non-hydrogen) atoms. The number of benzene rings is 3. The average Bonchev–Trinajstić information content (AvgIpc) is 3.72. The number of methoxy groups -OCH3 is 1. The number of Topliss-reactive ketones (excluding diaryl/α,β-unsaturated/α-hetero) is 1. The molecule has 0 radical (unpaired) electrons. The number of amides is 1. The first-order valence-corrected chi connectivity index (χ1v) is 22.3. The number of fused-ring (bicyclic) bond motifs is 9. The van der Waals surface area contributed by atoms with E-state index in [0.29, 0.717) is 18.3 Å². The zero-order valence-electron chi connectivity index (χ0n) is 38.5. The van der Waals surface area contributed by atoms with Gasteiger partial charge in [0.15, 0.2) is 11.3 Å². The van der Waals surface area contributed by atoms with Crippen molar-refractivity contribution in [2.45, 2.75) is 97.6 Å². The summed E-state index contributed by atoms with van der Waals surface area (Å²) in [7, 11) is 3.52. The van der Waals surface area contributed by atoms with Crippen molar-refractivity contribution >= 4 is 45.2 Å². The number of allylic oxidation sites excluding steroid dienone is 2. The molecule has 0 saturated carbocycles. The number of aromatic hydroxyl groups is 2. The fourth-order valence-electron chi connectivity index (χ4n) is 9.57. The van der Waals surface area contributed by atoms with Gasteiger partial charge in [0, 0.05) is 67.4 Å². The molecule has 17 heteroatoms. The molecule has 7 bridgehead atoms. The minimum Gasteiger partial charge on any atom is -0.507 e. The fraction of sp³-hybridized carbons (Fsp3) is 0.490. The lowest BCUT2D eigenvalue weighted by Crippen LogP contribution is -2.46. The Balaban J connectivity index is 1.30. The van der Waals surface area contributed by atoms with E-state index >= 15 is 0 Å². The molecule has 1 amide bonds. The Labute approximate surface area is 381 Å². The Hall–Kier alpha value is -6.01. The first kappa shape index (κ1) is 46.5. The van der Waals surface area contributed by atoms with Crippen molar-refractivity contribution in [3.05, 3.63) is 69.6 Å². The van der Waals surface area contributed by atoms with Crippen molar-refractivity contribution in [3.8, 4) is 34.5 Å². The Morgan fingerprint density at radius 3 is 2.45 bits per heavy atom. The predicted octanol–water partition coefficient (Wildman–Crippen LogP) is 6.15. The maximum atomic E-state index is 14.8. The van der Waals surface area contributed by atoms with Gasteiger partial charge in [0.25, 0.3) is 11.7 Å². The minimum absolute atomic E-state index is 0.0131. The molecule has 0 spiro atoms. The van der Waals surface area contributed by atoms with E-state index in [4.69, 9.17) is 37.8 Å². The van der Waals surface area contributed by atoms with Crippen LogP contribution in [0.15, 0.2) is 57.5 Å². The first-order valence-electron chi connectivity index (χ1n) is 22.3. The monoisotopic (exact) mass is 911 g/mol. The van der Waals surface area contributed by atoms with E-state index in [1.54, 1.807) is 26.0 Å². The van der Waals surface area contributed by atoms with Gasteiger partial charge in [-0.2, -0.15) is 0 Å². The number of aromatic nitrogens is 1. The van der Waals surface area contributed by atoms with Crippen molar-refractivity contribution < 1.29 is 62.5 Å². The van der Waals surface area contributed by atoms with Gasteiger partial charge < -0.3 is 58.4 Å². The third-order valence-corrected chi connectivity index (χ3v) is 13.6. The van der Waals surface area contributed by atoms with E-state index in [-0.39, 0.29) is 73.1 Å². The van der Waals surface area contributed by atoms with Crippen LogP contribution in [0, 0.1) is 30.6 Å². The molecule has 1 aliphatic carbocycles. The molecule has 0 unspecified atom stereocenters. The van der Waals surface area contributed by atoms with Crippen molar-refractivity contribution in [2.75, 3.05) is 39.2 Å². The number of nitrogens with zero attached hydrogens (tertiary/aromatic N) is 2. The second-order valence-electron chi connectivity index (χ2n) is 18.3. The highest BCUT2D eigenvalue weighted by Gasteiger charge is 2.51. The quantitative estimate of drug-likeness (QED) is 0.100. The van der Waals surface area contributed by atoms with Crippen LogP contribution in [0.1, 0.15) is 70.3 Å². The van der Waals surface area contributed by atoms with E-state index in [0.717, 1.165) is 25.9 Å². The van der Waals surface area contributed by atoms with Crippen LogP contribution in [0.4, 0.5) is 5.69 Å². The second kappa shape index (κ2) is 18.0. The summed E-state index contributed by atoms with van der Waals surface area (Å²) in [5, 5.41) is 36.9. The van der Waals surface area contributed by atoms with Crippen LogP contribution in [0.25, 0.3) is 33.3 Å². The first-order chi connectivity index (χ1) is 31.3. The van der Waals surface area contributed by atoms with Crippen molar-refractivity contribution in [1.82, 2.24) is 9.88 Å². The number of rotatable bonds is 5. The summed E-state index contributed by atoms with van der Waals surface area (Å²) in [6.45, 7) is 13.4. The van der Waals surface area contributed by atoms with Crippen molar-refractivity contribution in [1.29, 1.82) is 0 Å². The molecule has 2 aromatic rings. The summed E-state index contributed by atoms with van der Waals surface area (Å²) >= 11 is 0. The van der Waals surface area contributed by atoms with Crippen LogP contribution in [-0.2, 0) is 28.5 Å². The molecule has 0 aromatic heterocycles. The number of nitrogens with one attached hydrogen (secondary N) is 1. The number of aliphatic hydroxyl groups excluding tert-OH is 1. The molecule has 352 valence electrons. The number of esters is 1. The number of piperidine rings is 1. The summed E-state index contributed by atoms with van der Waals surface area (Å²) in [6.07, 6.45) is 5.32. The molecule has 9 atom stereocenters. The van der Waals surface area contributed by atoms with Crippen molar-refractivity contribution in [2.24, 2.45) is 23.7 Å². The van der Waals surface area contributed by atoms with Gasteiger partial charge in [0.05, 0.1) is 42.1 Å². The zero-order valence-corrected chi connectivity index (χ0v) is 38.5. The van der Waals surface area contributed by atoms with Crippen LogP contribution < -0.4 is 20.2 Å². The lowest BCUT2D eigenvalue weighted by atomic mass is 9.86. The Morgan fingerprint density at radius 2 is 1.76 bits per heavy atom. The summed E-state index contributed by atoms with van der Waals surface area (Å²) in [4.78, 5) is 63.1. The van der Waals surface area contributed by atoms with E-state index < -0.39 is 77.0 Å². The van der Waals surface area contributed by atoms with E-state index in [1.165, 1.54) is 52.4 Å². The molecule has 4 N–H and O–H groups in total. The molecule has 6 aliphatic heterocycles. The van der Waals surface area contributed by atoms with Crippen molar-refractivity contribution in [3.63, 3.8) is 0 Å². The van der Waals surface area contributed by atoms with Gasteiger partial charge in [-0.05, 0) is 58.8 Å². The molecule has 6 heterocycles. The number of likely N-dealkylation sites (tertiary alicyclic amines) is 1. The number of ketones is 1. The lowest BCUT2D eigenvalue weighted by Gasteiger charge is -2.33. The smallest absolute Gasteiger partial charge is 0.312 e. The molecule has 2 aromatic carbocycles. The van der Waals surface area contributed by atoms with Gasteiger partial charge in [0.2, 0.25) is 5.43 Å². The second-order valence-corrected chi connectivity index (χ2v) is 18.3. The number of carbonyl (C=O) groups is 3. The number of phenols is 2. The molecule has 17 nitrogen and oxygen atoms in total. The van der Waals surface area contributed by atoms with Crippen LogP contribution in [0.3, 0.4) is 0 Å². The van der Waals surface area contributed by atoms with Crippen LogP contribution in [0.2, 0.25) is 0 Å². The standard InChI is InChI=1S/C49H57N3O14/c1-22-11-10-12-23(2)48(59)51-38-41(57)34-33(37-45(38)64-32-20-29(19-30(54)36(32)50-37)61-21-28-13-16-52(8)17-14-28)35-43(25(4)39(34)55)66-49(7,47(35)58)62-18-15-31(60-9)24(3)44(63-27(6)53)46-40(56)26(5)42(22)65-46/h10-12,15,18-20,22,24,26,28,31,40,42,44,46,54-56H,13-14,16-17,21H2,1-9H3,(H,51,59)/b11-10+,18-15+,23-12-/t22-,24+,26-,31-,40+,42-,44+,46+,49-/m0/s1. The van der Waals surface area contributed by atoms with Gasteiger partial charge in [-0.3, -0.25) is 19.2 Å². The number of phenolic OH excluding ortho intramolecular Hbond substituents is 2. The predicted molar refractivity (Wildman–Crippen MR) is 242 cm³/mol. The van der Waals surface area contributed by atoms with Gasteiger partial charge in [0.1, 0.15) is 52.1 Å². The lowest BCUT2D eigenvalue weighted by molar-refractivity contribution is -0.168. The van der Waals surface area contributed by atoms with Crippen LogP contribution >= 0.6 is 0 Å². The maximum Gasteiger partial charge on any atom is 0.312 e. The highest BCUT2D eigenvalue weighted by molar-refractivity contribution is 6.22. The van der Waals surface area contributed by atoms with Crippen LogP contribution in [0.5, 0.6) is 23.0 Å². The average molecular weight is 912 g/mol. The minimum atomic E-state index is -2.08. The molecule has 7 aliphatic rings. The number of hydrogen-bond donors (Lipinski definition) is 4. The Morgan fingerprint density at radius 1 is 1.03 bits per heavy atom. The topological polar surface area (TPSA) is 226 Å². The van der Waals surface area contributed by atoms with E-state index in [2.05, 4.69) is 17.3 Å². The van der Waals surface area contributed by atoms with Gasteiger partial charge >= 0.3 is 11.8 Å². The third kappa shape index (κ3) is 8.26. The normalized spacial score (nSPS) is 30.6.